The fraction of sp³-hybridized carbons (Fsp3) is 0.185. The van der Waals surface area contributed by atoms with E-state index in [4.69, 9.17) is 9.73 Å². The van der Waals surface area contributed by atoms with Crippen molar-refractivity contribution in [3.63, 3.8) is 0 Å². The number of aromatic amines is 1. The molecule has 0 spiro atoms. The highest BCUT2D eigenvalue weighted by molar-refractivity contribution is 6.22. The van der Waals surface area contributed by atoms with Crippen molar-refractivity contribution in [1.82, 2.24) is 10.3 Å². The minimum Gasteiger partial charge on any atom is -0.494 e. The molecule has 4 rings (SSSR count). The van der Waals surface area contributed by atoms with Crippen LogP contribution in [0.25, 0.3) is 10.9 Å². The van der Waals surface area contributed by atoms with Crippen molar-refractivity contribution >= 4 is 28.3 Å². The summed E-state index contributed by atoms with van der Waals surface area (Å²) in [6.45, 7) is 3.94. The van der Waals surface area contributed by atoms with Gasteiger partial charge >= 0.3 is 5.97 Å². The van der Waals surface area contributed by atoms with E-state index in [1.165, 1.54) is 12.7 Å². The van der Waals surface area contributed by atoms with Crippen LogP contribution in [0.2, 0.25) is 0 Å². The molecule has 0 aliphatic carbocycles. The summed E-state index contributed by atoms with van der Waals surface area (Å²) >= 11 is 0. The second-order valence-corrected chi connectivity index (χ2v) is 7.77. The number of methoxy groups -OCH3 is 1. The molecule has 33 heavy (non-hydrogen) atoms. The summed E-state index contributed by atoms with van der Waals surface area (Å²) < 4.78 is 4.81. The van der Waals surface area contributed by atoms with Crippen molar-refractivity contribution < 1.29 is 14.6 Å². The van der Waals surface area contributed by atoms with Crippen LogP contribution in [0.1, 0.15) is 40.4 Å². The molecule has 4 aromatic rings. The number of hydrogen-bond donors (Lipinski definition) is 3. The van der Waals surface area contributed by atoms with Crippen molar-refractivity contribution in [2.75, 3.05) is 13.7 Å². The van der Waals surface area contributed by atoms with Gasteiger partial charge in [-0.1, -0.05) is 55.5 Å². The first-order valence-corrected chi connectivity index (χ1v) is 11.0. The zero-order valence-corrected chi connectivity index (χ0v) is 18.8. The zero-order valence-electron chi connectivity index (χ0n) is 18.8. The average Bonchev–Trinajstić information content (AvgIpc) is 3.18. The number of nitrogens with zero attached hydrogens (tertiary/aromatic N) is 1. The number of carbonyl (C=O) groups is 1. The molecule has 0 fully saturated rings. The van der Waals surface area contributed by atoms with Crippen LogP contribution in [-0.2, 0) is 11.3 Å². The number of H-pyrrole nitrogens is 1. The minimum absolute atomic E-state index is 0.00463. The third-order valence-electron chi connectivity index (χ3n) is 5.42. The molecule has 3 N–H and O–H groups in total. The van der Waals surface area contributed by atoms with Crippen molar-refractivity contribution in [2.45, 2.75) is 19.9 Å². The summed E-state index contributed by atoms with van der Waals surface area (Å²) in [4.78, 5) is 19.8. The smallest absolute Gasteiger partial charge is 0.337 e. The third kappa shape index (κ3) is 4.96. The number of ether oxygens (including phenoxy) is 1. The molecule has 1 heterocycles. The van der Waals surface area contributed by atoms with Gasteiger partial charge < -0.3 is 20.1 Å². The lowest BCUT2D eigenvalue weighted by molar-refractivity contribution is 0.0601. The molecule has 3 aromatic carbocycles. The molecule has 0 amide bonds. The minimum atomic E-state index is -0.432. The van der Waals surface area contributed by atoms with Crippen LogP contribution in [0.4, 0.5) is 5.69 Å². The lowest BCUT2D eigenvalue weighted by Gasteiger charge is -2.09. The highest BCUT2D eigenvalue weighted by Gasteiger charge is 2.20. The molecule has 168 valence electrons. The van der Waals surface area contributed by atoms with E-state index in [-0.39, 0.29) is 5.88 Å². The van der Waals surface area contributed by atoms with Gasteiger partial charge in [0.2, 0.25) is 0 Å². The molecule has 0 aliphatic heterocycles. The zero-order chi connectivity index (χ0) is 23.2. The molecule has 0 atom stereocenters. The number of fused-ring (bicyclic) bond motifs is 1. The van der Waals surface area contributed by atoms with E-state index < -0.39 is 5.97 Å². The van der Waals surface area contributed by atoms with E-state index in [1.807, 2.05) is 42.5 Å². The molecule has 0 bridgehead atoms. The maximum absolute atomic E-state index is 11.9. The van der Waals surface area contributed by atoms with Crippen LogP contribution in [0.15, 0.2) is 77.8 Å². The van der Waals surface area contributed by atoms with Crippen LogP contribution in [0.3, 0.4) is 0 Å². The molecular weight excluding hydrogens is 414 g/mol. The van der Waals surface area contributed by atoms with Gasteiger partial charge in [-0.25, -0.2) is 9.79 Å². The monoisotopic (exact) mass is 441 g/mol. The first-order chi connectivity index (χ1) is 16.1. The van der Waals surface area contributed by atoms with E-state index >= 15 is 0 Å². The molecule has 0 unspecified atom stereocenters. The number of esters is 1. The molecule has 0 saturated heterocycles. The maximum Gasteiger partial charge on any atom is 0.337 e. The molecule has 0 saturated carbocycles. The van der Waals surface area contributed by atoms with E-state index in [9.17, 15) is 9.90 Å². The van der Waals surface area contributed by atoms with E-state index in [0.29, 0.717) is 22.4 Å². The Morgan fingerprint density at radius 3 is 2.48 bits per heavy atom. The third-order valence-corrected chi connectivity index (χ3v) is 5.42. The summed E-state index contributed by atoms with van der Waals surface area (Å²) in [5, 5.41) is 15.0. The number of aromatic hydroxyl groups is 1. The van der Waals surface area contributed by atoms with Gasteiger partial charge in [0.1, 0.15) is 0 Å². The number of benzene rings is 3. The van der Waals surface area contributed by atoms with Crippen molar-refractivity contribution in [3.8, 4) is 5.88 Å². The Morgan fingerprint density at radius 2 is 1.79 bits per heavy atom. The summed E-state index contributed by atoms with van der Waals surface area (Å²) in [6, 6.07) is 23.0. The Balaban J connectivity index is 1.78. The van der Waals surface area contributed by atoms with Crippen LogP contribution in [0, 0.1) is 0 Å². The lowest BCUT2D eigenvalue weighted by atomic mass is 10.00. The SMILES string of the molecule is CCCNCc1ccc(N=C(c2ccccc2)c2c(O)[nH]c3cc(C(=O)OC)ccc23)cc1. The highest BCUT2D eigenvalue weighted by Crippen LogP contribution is 2.32. The largest absolute Gasteiger partial charge is 0.494 e. The van der Waals surface area contributed by atoms with Crippen LogP contribution in [0.5, 0.6) is 5.88 Å². The van der Waals surface area contributed by atoms with Gasteiger partial charge in [-0.05, 0) is 42.8 Å². The molecule has 0 radical (unpaired) electrons. The topological polar surface area (TPSA) is 86.7 Å². The first-order valence-electron chi connectivity index (χ1n) is 11.0. The predicted molar refractivity (Wildman–Crippen MR) is 131 cm³/mol. The van der Waals surface area contributed by atoms with Crippen molar-refractivity contribution in [1.29, 1.82) is 0 Å². The maximum atomic E-state index is 11.9. The number of aliphatic imine (C=N–C) groups is 1. The molecular formula is C27H27N3O3. The van der Waals surface area contributed by atoms with Crippen LogP contribution < -0.4 is 5.32 Å². The first kappa shape index (κ1) is 22.3. The lowest BCUT2D eigenvalue weighted by Crippen LogP contribution is -2.13. The summed E-state index contributed by atoms with van der Waals surface area (Å²) in [5.41, 5.74) is 5.11. The summed E-state index contributed by atoms with van der Waals surface area (Å²) in [6.07, 6.45) is 1.10. The Morgan fingerprint density at radius 1 is 1.03 bits per heavy atom. The Hall–Kier alpha value is -3.90. The number of carbonyl (C=O) groups excluding carboxylic acids is 1. The molecule has 0 aliphatic rings. The van der Waals surface area contributed by atoms with Crippen molar-refractivity contribution in [3.05, 3.63) is 95.1 Å². The van der Waals surface area contributed by atoms with Gasteiger partial charge in [0.25, 0.3) is 0 Å². The summed E-state index contributed by atoms with van der Waals surface area (Å²) in [7, 11) is 1.34. The van der Waals surface area contributed by atoms with Gasteiger partial charge in [-0.15, -0.1) is 0 Å². The van der Waals surface area contributed by atoms with E-state index in [2.05, 4.69) is 29.4 Å². The van der Waals surface area contributed by atoms with Crippen LogP contribution in [-0.4, -0.2) is 35.4 Å². The fourth-order valence-corrected chi connectivity index (χ4v) is 3.76. The average molecular weight is 442 g/mol. The quantitative estimate of drug-likeness (QED) is 0.196. The number of rotatable bonds is 8. The van der Waals surface area contributed by atoms with Gasteiger partial charge in [0, 0.05) is 23.0 Å². The molecule has 6 nitrogen and oxygen atoms in total. The normalized spacial score (nSPS) is 11.6. The number of nitrogens with one attached hydrogen (secondary N) is 2. The molecule has 6 heteroatoms. The van der Waals surface area contributed by atoms with Crippen molar-refractivity contribution in [2.24, 2.45) is 4.99 Å². The Bertz CT molecular complexity index is 1280. The second-order valence-electron chi connectivity index (χ2n) is 7.77. The van der Waals surface area contributed by atoms with Gasteiger partial charge in [-0.3, -0.25) is 0 Å². The van der Waals surface area contributed by atoms with E-state index in [0.717, 1.165) is 36.1 Å². The van der Waals surface area contributed by atoms with E-state index in [1.54, 1.807) is 18.2 Å². The standard InChI is InChI=1S/C27H27N3O3/c1-3-15-28-17-18-9-12-21(13-10-18)29-25(19-7-5-4-6-8-19)24-22-14-11-20(27(32)33-2)16-23(22)30-26(24)31/h4-14,16,28,30-31H,3,15,17H2,1-2H3. The second kappa shape index (κ2) is 10.1. The Labute approximate surface area is 193 Å². The Kier molecular flexibility index (Phi) is 6.86. The van der Waals surface area contributed by atoms with Gasteiger partial charge in [-0.2, -0.15) is 0 Å². The predicted octanol–water partition coefficient (Wildman–Crippen LogP) is 5.33. The highest BCUT2D eigenvalue weighted by atomic mass is 16.5. The van der Waals surface area contributed by atoms with Crippen LogP contribution >= 0.6 is 0 Å². The number of hydrogen-bond acceptors (Lipinski definition) is 5. The van der Waals surface area contributed by atoms with Gasteiger partial charge in [0.05, 0.1) is 29.6 Å². The molecule has 1 aromatic heterocycles. The summed E-state index contributed by atoms with van der Waals surface area (Å²) in [5.74, 6) is -0.437. The van der Waals surface area contributed by atoms with Gasteiger partial charge in [0.15, 0.2) is 5.88 Å². The fourth-order valence-electron chi connectivity index (χ4n) is 3.76. The number of aromatic nitrogens is 1.